The van der Waals surface area contributed by atoms with Crippen LogP contribution < -0.4 is 10.2 Å². The van der Waals surface area contributed by atoms with E-state index in [1.54, 1.807) is 12.1 Å². The first-order valence-corrected chi connectivity index (χ1v) is 9.69. The molecule has 2 N–H and O–H groups in total. The SMILES string of the molecule is CC(C)CNC(=O)CSc1nnc([C@H](C)[NH+](C)C)n1-c1ccc(F)cc1. The van der Waals surface area contributed by atoms with Gasteiger partial charge in [-0.25, -0.2) is 4.39 Å². The Morgan fingerprint density at radius 2 is 1.88 bits per heavy atom. The molecule has 0 aliphatic rings. The first-order chi connectivity index (χ1) is 12.3. The van der Waals surface area contributed by atoms with Crippen molar-refractivity contribution in [3.63, 3.8) is 0 Å². The molecule has 0 aliphatic carbocycles. The first kappa shape index (κ1) is 20.4. The third-order valence-electron chi connectivity index (χ3n) is 4.04. The van der Waals surface area contributed by atoms with Gasteiger partial charge in [-0.2, -0.15) is 0 Å². The number of aromatic nitrogens is 3. The predicted molar refractivity (Wildman–Crippen MR) is 101 cm³/mol. The predicted octanol–water partition coefficient (Wildman–Crippen LogP) is 1.48. The Kier molecular flexibility index (Phi) is 7.16. The van der Waals surface area contributed by atoms with E-state index >= 15 is 0 Å². The Morgan fingerprint density at radius 3 is 2.46 bits per heavy atom. The second kappa shape index (κ2) is 9.14. The van der Waals surface area contributed by atoms with Gasteiger partial charge in [-0.3, -0.25) is 9.36 Å². The van der Waals surface area contributed by atoms with Crippen molar-refractivity contribution in [1.82, 2.24) is 20.1 Å². The number of amides is 1. The van der Waals surface area contributed by atoms with Gasteiger partial charge in [0.05, 0.1) is 19.8 Å². The molecule has 1 atom stereocenters. The molecule has 1 amide bonds. The number of carbonyl (C=O) groups excluding carboxylic acids is 1. The largest absolute Gasteiger partial charge is 0.355 e. The van der Waals surface area contributed by atoms with Crippen molar-refractivity contribution >= 4 is 17.7 Å². The highest BCUT2D eigenvalue weighted by Crippen LogP contribution is 2.24. The molecule has 0 bridgehead atoms. The van der Waals surface area contributed by atoms with Crippen molar-refractivity contribution in [2.24, 2.45) is 5.92 Å². The molecule has 0 saturated carbocycles. The molecule has 2 aromatic rings. The summed E-state index contributed by atoms with van der Waals surface area (Å²) < 4.78 is 15.2. The van der Waals surface area contributed by atoms with Crippen LogP contribution in [0.3, 0.4) is 0 Å². The van der Waals surface area contributed by atoms with Crippen molar-refractivity contribution in [3.8, 4) is 5.69 Å². The maximum absolute atomic E-state index is 13.3. The molecule has 142 valence electrons. The Balaban J connectivity index is 2.25. The van der Waals surface area contributed by atoms with Gasteiger partial charge >= 0.3 is 0 Å². The molecule has 26 heavy (non-hydrogen) atoms. The smallest absolute Gasteiger partial charge is 0.230 e. The van der Waals surface area contributed by atoms with E-state index in [0.29, 0.717) is 17.6 Å². The summed E-state index contributed by atoms with van der Waals surface area (Å²) in [5.74, 6) is 1.11. The Labute approximate surface area is 158 Å². The van der Waals surface area contributed by atoms with Gasteiger partial charge in [-0.05, 0) is 37.1 Å². The third-order valence-corrected chi connectivity index (χ3v) is 4.97. The fraction of sp³-hybridized carbons (Fsp3) is 0.500. The van der Waals surface area contributed by atoms with Crippen LogP contribution in [0.15, 0.2) is 29.4 Å². The molecule has 1 heterocycles. The van der Waals surface area contributed by atoms with Gasteiger partial charge in [-0.1, -0.05) is 25.6 Å². The molecule has 0 unspecified atom stereocenters. The van der Waals surface area contributed by atoms with Gasteiger partial charge in [0.25, 0.3) is 0 Å². The molecular formula is C18H27FN5OS+. The van der Waals surface area contributed by atoms with Gasteiger partial charge in [0.2, 0.25) is 5.91 Å². The quantitative estimate of drug-likeness (QED) is 0.681. The number of quaternary nitrogens is 1. The van der Waals surface area contributed by atoms with E-state index in [0.717, 1.165) is 11.5 Å². The first-order valence-electron chi connectivity index (χ1n) is 8.70. The number of nitrogens with zero attached hydrogens (tertiary/aromatic N) is 3. The Morgan fingerprint density at radius 1 is 1.23 bits per heavy atom. The zero-order valence-electron chi connectivity index (χ0n) is 15.9. The molecular weight excluding hydrogens is 353 g/mol. The monoisotopic (exact) mass is 380 g/mol. The number of hydrogen-bond donors (Lipinski definition) is 2. The zero-order chi connectivity index (χ0) is 19.3. The van der Waals surface area contributed by atoms with E-state index in [1.165, 1.54) is 28.8 Å². The summed E-state index contributed by atoms with van der Waals surface area (Å²) in [7, 11) is 4.08. The molecule has 0 fully saturated rings. The minimum absolute atomic E-state index is 0.0369. The molecule has 0 saturated heterocycles. The van der Waals surface area contributed by atoms with Crippen LogP contribution in [0, 0.1) is 11.7 Å². The molecule has 0 spiro atoms. The van der Waals surface area contributed by atoms with Crippen LogP contribution >= 0.6 is 11.8 Å². The van der Waals surface area contributed by atoms with Crippen LogP contribution in [0.4, 0.5) is 4.39 Å². The van der Waals surface area contributed by atoms with Crippen molar-refractivity contribution in [2.75, 3.05) is 26.4 Å². The highest BCUT2D eigenvalue weighted by molar-refractivity contribution is 7.99. The number of thioether (sulfide) groups is 1. The summed E-state index contributed by atoms with van der Waals surface area (Å²) in [4.78, 5) is 13.2. The van der Waals surface area contributed by atoms with Gasteiger partial charge < -0.3 is 10.2 Å². The fourth-order valence-corrected chi connectivity index (χ4v) is 3.03. The molecule has 8 heteroatoms. The summed E-state index contributed by atoms with van der Waals surface area (Å²) in [6.45, 7) is 6.81. The standard InChI is InChI=1S/C18H26FN5OS/c1-12(2)10-20-16(25)11-26-18-22-21-17(13(3)23(4)5)24(18)15-8-6-14(19)7-9-15/h6-9,12-13H,10-11H2,1-5H3,(H,20,25)/p+1/t13-/m0/s1. The average Bonchev–Trinajstić information content (AvgIpc) is 3.01. The van der Waals surface area contributed by atoms with Gasteiger partial charge in [-0.15, -0.1) is 10.2 Å². The number of carbonyl (C=O) groups is 1. The van der Waals surface area contributed by atoms with E-state index in [-0.39, 0.29) is 23.5 Å². The lowest BCUT2D eigenvalue weighted by Crippen LogP contribution is -3.05. The molecule has 1 aromatic carbocycles. The lowest BCUT2D eigenvalue weighted by Gasteiger charge is -2.18. The summed E-state index contributed by atoms with van der Waals surface area (Å²) in [5, 5.41) is 12.1. The van der Waals surface area contributed by atoms with Crippen molar-refractivity contribution in [1.29, 1.82) is 0 Å². The van der Waals surface area contributed by atoms with E-state index < -0.39 is 0 Å². The fourth-order valence-electron chi connectivity index (χ4n) is 2.25. The van der Waals surface area contributed by atoms with E-state index in [4.69, 9.17) is 0 Å². The topological polar surface area (TPSA) is 64.2 Å². The second-order valence-corrected chi connectivity index (χ2v) is 7.88. The Bertz CT molecular complexity index is 730. The van der Waals surface area contributed by atoms with E-state index in [1.807, 2.05) is 18.7 Å². The van der Waals surface area contributed by atoms with Gasteiger partial charge in [0.15, 0.2) is 11.0 Å². The number of halogens is 1. The van der Waals surface area contributed by atoms with Gasteiger partial charge in [0.1, 0.15) is 11.9 Å². The summed E-state index contributed by atoms with van der Waals surface area (Å²) in [6.07, 6.45) is 0. The molecule has 0 aliphatic heterocycles. The number of nitrogens with one attached hydrogen (secondary N) is 2. The summed E-state index contributed by atoms with van der Waals surface area (Å²) in [6, 6.07) is 6.31. The minimum Gasteiger partial charge on any atom is -0.355 e. The minimum atomic E-state index is -0.295. The lowest BCUT2D eigenvalue weighted by atomic mass is 10.2. The molecule has 1 aromatic heterocycles. The maximum Gasteiger partial charge on any atom is 0.230 e. The second-order valence-electron chi connectivity index (χ2n) is 6.94. The summed E-state index contributed by atoms with van der Waals surface area (Å²) in [5.41, 5.74) is 0.782. The average molecular weight is 381 g/mol. The molecule has 0 radical (unpaired) electrons. The van der Waals surface area contributed by atoms with Crippen molar-refractivity contribution in [2.45, 2.75) is 32.0 Å². The van der Waals surface area contributed by atoms with Crippen LogP contribution in [-0.2, 0) is 4.79 Å². The summed E-state index contributed by atoms with van der Waals surface area (Å²) >= 11 is 1.33. The van der Waals surface area contributed by atoms with Crippen molar-refractivity contribution in [3.05, 3.63) is 35.9 Å². The molecule has 2 rings (SSSR count). The van der Waals surface area contributed by atoms with E-state index in [9.17, 15) is 9.18 Å². The Hall–Kier alpha value is -1.93. The van der Waals surface area contributed by atoms with Crippen LogP contribution in [0.25, 0.3) is 5.69 Å². The number of benzene rings is 1. The number of hydrogen-bond acceptors (Lipinski definition) is 4. The van der Waals surface area contributed by atoms with Crippen molar-refractivity contribution < 1.29 is 14.1 Å². The highest BCUT2D eigenvalue weighted by atomic mass is 32.2. The normalized spacial score (nSPS) is 12.6. The van der Waals surface area contributed by atoms with Crippen LogP contribution in [0.5, 0.6) is 0 Å². The number of rotatable bonds is 8. The third kappa shape index (κ3) is 5.28. The van der Waals surface area contributed by atoms with Crippen LogP contribution in [-0.4, -0.2) is 47.1 Å². The lowest BCUT2D eigenvalue weighted by molar-refractivity contribution is -0.890. The van der Waals surface area contributed by atoms with Gasteiger partial charge in [0, 0.05) is 12.2 Å². The highest BCUT2D eigenvalue weighted by Gasteiger charge is 2.23. The molecule has 6 nitrogen and oxygen atoms in total. The zero-order valence-corrected chi connectivity index (χ0v) is 16.7. The van der Waals surface area contributed by atoms with Crippen LogP contribution in [0.1, 0.15) is 32.6 Å². The van der Waals surface area contributed by atoms with Crippen LogP contribution in [0.2, 0.25) is 0 Å². The maximum atomic E-state index is 13.3. The van der Waals surface area contributed by atoms with E-state index in [2.05, 4.69) is 36.3 Å².